The Hall–Kier alpha value is -1.55. The Morgan fingerprint density at radius 2 is 2.27 bits per heavy atom. The summed E-state index contributed by atoms with van der Waals surface area (Å²) < 4.78 is 7.53. The number of aromatic nitrogens is 2. The lowest BCUT2D eigenvalue weighted by molar-refractivity contribution is 0.505. The SMILES string of the molecule is Cc1cc(-c2cn3ccsc3n2)c(C)o1. The first kappa shape index (κ1) is 8.73. The van der Waals surface area contributed by atoms with Crippen LogP contribution in [-0.2, 0) is 0 Å². The molecule has 3 aromatic heterocycles. The van der Waals surface area contributed by atoms with Crippen LogP contribution >= 0.6 is 11.3 Å². The summed E-state index contributed by atoms with van der Waals surface area (Å²) in [6.45, 7) is 3.92. The molecule has 0 saturated carbocycles. The first-order valence-corrected chi connectivity index (χ1v) is 5.61. The highest BCUT2D eigenvalue weighted by Crippen LogP contribution is 2.26. The van der Waals surface area contributed by atoms with Gasteiger partial charge in [-0.3, -0.25) is 4.40 Å². The Bertz CT molecular complexity index is 589. The van der Waals surface area contributed by atoms with Crippen LogP contribution in [0.1, 0.15) is 11.5 Å². The van der Waals surface area contributed by atoms with Gasteiger partial charge < -0.3 is 4.42 Å². The molecular formula is C11H10N2OS. The van der Waals surface area contributed by atoms with Gasteiger partial charge in [0.2, 0.25) is 0 Å². The maximum atomic E-state index is 5.50. The minimum absolute atomic E-state index is 0.929. The molecule has 0 unspecified atom stereocenters. The van der Waals surface area contributed by atoms with E-state index in [0.29, 0.717) is 0 Å². The Morgan fingerprint density at radius 3 is 2.93 bits per heavy atom. The van der Waals surface area contributed by atoms with Gasteiger partial charge in [-0.1, -0.05) is 0 Å². The molecule has 15 heavy (non-hydrogen) atoms. The van der Waals surface area contributed by atoms with Gasteiger partial charge in [0.25, 0.3) is 0 Å². The van der Waals surface area contributed by atoms with Crippen molar-refractivity contribution in [3.8, 4) is 11.3 Å². The van der Waals surface area contributed by atoms with Gasteiger partial charge in [-0.2, -0.15) is 0 Å². The molecule has 3 aromatic rings. The topological polar surface area (TPSA) is 30.4 Å². The molecule has 0 radical (unpaired) electrons. The van der Waals surface area contributed by atoms with E-state index in [4.69, 9.17) is 4.42 Å². The number of furan rings is 1. The van der Waals surface area contributed by atoms with Gasteiger partial charge in [0.15, 0.2) is 4.96 Å². The van der Waals surface area contributed by atoms with Crippen LogP contribution in [0.5, 0.6) is 0 Å². The van der Waals surface area contributed by atoms with Crippen LogP contribution in [0, 0.1) is 13.8 Å². The van der Waals surface area contributed by atoms with Crippen LogP contribution in [-0.4, -0.2) is 9.38 Å². The van der Waals surface area contributed by atoms with E-state index in [1.54, 1.807) is 11.3 Å². The van der Waals surface area contributed by atoms with Crippen LogP contribution in [0.15, 0.2) is 28.3 Å². The van der Waals surface area contributed by atoms with Gasteiger partial charge in [0.1, 0.15) is 11.5 Å². The summed E-state index contributed by atoms with van der Waals surface area (Å²) in [7, 11) is 0. The quantitative estimate of drug-likeness (QED) is 0.627. The number of fused-ring (bicyclic) bond motifs is 1. The average Bonchev–Trinajstić information content (AvgIpc) is 2.77. The summed E-state index contributed by atoms with van der Waals surface area (Å²) in [5.74, 6) is 1.86. The van der Waals surface area contributed by atoms with E-state index >= 15 is 0 Å². The summed E-state index contributed by atoms with van der Waals surface area (Å²) in [6, 6.07) is 2.03. The summed E-state index contributed by atoms with van der Waals surface area (Å²) in [4.78, 5) is 5.56. The van der Waals surface area contributed by atoms with E-state index < -0.39 is 0 Å². The second kappa shape index (κ2) is 2.97. The molecule has 0 atom stereocenters. The molecule has 0 aliphatic carbocycles. The minimum Gasteiger partial charge on any atom is -0.466 e. The largest absolute Gasteiger partial charge is 0.466 e. The summed E-state index contributed by atoms with van der Waals surface area (Å²) in [5, 5.41) is 2.03. The highest BCUT2D eigenvalue weighted by atomic mass is 32.1. The third kappa shape index (κ3) is 1.29. The second-order valence-corrected chi connectivity index (χ2v) is 4.42. The number of imidazole rings is 1. The number of rotatable bonds is 1. The molecule has 4 heteroatoms. The zero-order valence-electron chi connectivity index (χ0n) is 8.52. The lowest BCUT2D eigenvalue weighted by Gasteiger charge is -1.89. The molecule has 0 aliphatic rings. The molecule has 3 nitrogen and oxygen atoms in total. The fourth-order valence-electron chi connectivity index (χ4n) is 1.74. The van der Waals surface area contributed by atoms with Crippen molar-refractivity contribution in [1.82, 2.24) is 9.38 Å². The molecule has 76 valence electrons. The molecule has 0 aromatic carbocycles. The molecule has 0 fully saturated rings. The van der Waals surface area contributed by atoms with Crippen molar-refractivity contribution < 1.29 is 4.42 Å². The normalized spacial score (nSPS) is 11.3. The minimum atomic E-state index is 0.929. The first-order chi connectivity index (χ1) is 7.24. The molecule has 0 N–H and O–H groups in total. The fourth-order valence-corrected chi connectivity index (χ4v) is 2.44. The third-order valence-corrected chi connectivity index (χ3v) is 3.18. The van der Waals surface area contributed by atoms with E-state index in [1.165, 1.54) is 0 Å². The first-order valence-electron chi connectivity index (χ1n) is 4.73. The summed E-state index contributed by atoms with van der Waals surface area (Å²) in [6.07, 6.45) is 4.04. The van der Waals surface area contributed by atoms with Crippen molar-refractivity contribution >= 4 is 16.3 Å². The predicted octanol–water partition coefficient (Wildman–Crippen LogP) is 3.27. The van der Waals surface area contributed by atoms with E-state index in [0.717, 1.165) is 27.7 Å². The van der Waals surface area contributed by atoms with Gasteiger partial charge in [0.05, 0.1) is 5.69 Å². The average molecular weight is 218 g/mol. The molecular weight excluding hydrogens is 208 g/mol. The number of thiazole rings is 1. The molecule has 0 saturated heterocycles. The van der Waals surface area contributed by atoms with E-state index in [2.05, 4.69) is 4.98 Å². The van der Waals surface area contributed by atoms with Crippen LogP contribution in [0.25, 0.3) is 16.2 Å². The lowest BCUT2D eigenvalue weighted by Crippen LogP contribution is -1.75. The maximum Gasteiger partial charge on any atom is 0.194 e. The molecule has 3 heterocycles. The Balaban J connectivity index is 2.21. The Morgan fingerprint density at radius 1 is 1.40 bits per heavy atom. The highest BCUT2D eigenvalue weighted by molar-refractivity contribution is 7.15. The van der Waals surface area contributed by atoms with Crippen molar-refractivity contribution in [3.05, 3.63) is 35.4 Å². The Kier molecular flexibility index (Phi) is 1.73. The summed E-state index contributed by atoms with van der Waals surface area (Å²) in [5.41, 5.74) is 2.07. The highest BCUT2D eigenvalue weighted by Gasteiger charge is 2.11. The number of hydrogen-bond donors (Lipinski definition) is 0. The summed E-state index contributed by atoms with van der Waals surface area (Å²) >= 11 is 1.64. The van der Waals surface area contributed by atoms with Crippen molar-refractivity contribution in [1.29, 1.82) is 0 Å². The van der Waals surface area contributed by atoms with Gasteiger partial charge in [-0.15, -0.1) is 11.3 Å². The molecule has 0 spiro atoms. The van der Waals surface area contributed by atoms with E-state index in [1.807, 2.05) is 42.1 Å². The zero-order chi connectivity index (χ0) is 10.4. The van der Waals surface area contributed by atoms with Crippen molar-refractivity contribution in [2.24, 2.45) is 0 Å². The van der Waals surface area contributed by atoms with Gasteiger partial charge in [-0.05, 0) is 19.9 Å². The third-order valence-electron chi connectivity index (χ3n) is 2.41. The van der Waals surface area contributed by atoms with E-state index in [-0.39, 0.29) is 0 Å². The fraction of sp³-hybridized carbons (Fsp3) is 0.182. The van der Waals surface area contributed by atoms with Crippen LogP contribution in [0.2, 0.25) is 0 Å². The second-order valence-electron chi connectivity index (χ2n) is 3.55. The van der Waals surface area contributed by atoms with Gasteiger partial charge in [-0.25, -0.2) is 4.98 Å². The van der Waals surface area contributed by atoms with Gasteiger partial charge in [0, 0.05) is 23.3 Å². The van der Waals surface area contributed by atoms with Crippen molar-refractivity contribution in [3.63, 3.8) is 0 Å². The van der Waals surface area contributed by atoms with E-state index in [9.17, 15) is 0 Å². The number of nitrogens with zero attached hydrogens (tertiary/aromatic N) is 2. The number of aryl methyl sites for hydroxylation is 2. The van der Waals surface area contributed by atoms with Gasteiger partial charge >= 0.3 is 0 Å². The lowest BCUT2D eigenvalue weighted by atomic mass is 10.2. The maximum absolute atomic E-state index is 5.50. The van der Waals surface area contributed by atoms with Crippen molar-refractivity contribution in [2.75, 3.05) is 0 Å². The predicted molar refractivity (Wildman–Crippen MR) is 60.2 cm³/mol. The van der Waals surface area contributed by atoms with Crippen LogP contribution in [0.4, 0.5) is 0 Å². The molecule has 3 rings (SSSR count). The van der Waals surface area contributed by atoms with Crippen LogP contribution < -0.4 is 0 Å². The Labute approximate surface area is 91.0 Å². The smallest absolute Gasteiger partial charge is 0.194 e. The number of hydrogen-bond acceptors (Lipinski definition) is 3. The molecule has 0 aliphatic heterocycles. The molecule has 0 amide bonds. The monoisotopic (exact) mass is 218 g/mol. The standard InChI is InChI=1S/C11H10N2OS/c1-7-5-9(8(2)14-7)10-6-13-3-4-15-11(13)12-10/h3-6H,1-2H3. The molecule has 0 bridgehead atoms. The van der Waals surface area contributed by atoms with Crippen LogP contribution in [0.3, 0.4) is 0 Å². The van der Waals surface area contributed by atoms with Crippen molar-refractivity contribution in [2.45, 2.75) is 13.8 Å². The zero-order valence-corrected chi connectivity index (χ0v) is 9.34.